The van der Waals surface area contributed by atoms with Gasteiger partial charge in [0.05, 0.1) is 16.9 Å². The van der Waals surface area contributed by atoms with E-state index < -0.39 is 5.97 Å². The number of aromatic nitrogens is 3. The Hall–Kier alpha value is -3.15. The van der Waals surface area contributed by atoms with Crippen molar-refractivity contribution in [2.45, 2.75) is 6.42 Å². The lowest BCUT2D eigenvalue weighted by molar-refractivity contribution is 0.0697. The summed E-state index contributed by atoms with van der Waals surface area (Å²) in [5.74, 6) is -0.0400. The minimum atomic E-state index is -0.950. The minimum Gasteiger partial charge on any atom is -0.478 e. The maximum absolute atomic E-state index is 11.2. The van der Waals surface area contributed by atoms with Crippen molar-refractivity contribution in [3.63, 3.8) is 0 Å². The van der Waals surface area contributed by atoms with E-state index in [-0.39, 0.29) is 5.56 Å². The smallest absolute Gasteiger partial charge is 0.335 e. The van der Waals surface area contributed by atoms with Gasteiger partial charge in [-0.2, -0.15) is 5.10 Å². The molecule has 0 radical (unpaired) electrons. The molecule has 3 aromatic rings. The lowest BCUT2D eigenvalue weighted by atomic mass is 10.1. The maximum atomic E-state index is 11.2. The van der Waals surface area contributed by atoms with E-state index in [0.717, 1.165) is 41.4 Å². The molecule has 0 fully saturated rings. The second-order valence-electron chi connectivity index (χ2n) is 5.33. The van der Waals surface area contributed by atoms with Gasteiger partial charge in [-0.25, -0.2) is 9.48 Å². The van der Waals surface area contributed by atoms with Gasteiger partial charge in [0.25, 0.3) is 0 Å². The predicted molar refractivity (Wildman–Crippen MR) is 85.9 cm³/mol. The highest BCUT2D eigenvalue weighted by Gasteiger charge is 2.24. The highest BCUT2D eigenvalue weighted by molar-refractivity contribution is 5.88. The topological polar surface area (TPSA) is 80.0 Å². The molecule has 0 saturated heterocycles. The van der Waals surface area contributed by atoms with Gasteiger partial charge in [0.1, 0.15) is 11.5 Å². The lowest BCUT2D eigenvalue weighted by Crippen LogP contribution is -2.06. The number of nitrogens with zero attached hydrogens (tertiary/aromatic N) is 3. The molecule has 3 heterocycles. The van der Waals surface area contributed by atoms with E-state index in [1.807, 2.05) is 24.3 Å². The fourth-order valence-electron chi connectivity index (χ4n) is 2.84. The van der Waals surface area contributed by atoms with Crippen molar-refractivity contribution in [3.8, 4) is 17.1 Å². The molecule has 4 rings (SSSR count). The fourth-order valence-corrected chi connectivity index (χ4v) is 2.84. The molecule has 0 saturated carbocycles. The molecule has 1 aliphatic rings. The molecule has 6 heteroatoms. The van der Waals surface area contributed by atoms with E-state index in [4.69, 9.17) is 0 Å². The van der Waals surface area contributed by atoms with E-state index in [1.54, 1.807) is 29.1 Å². The number of fused-ring (bicyclic) bond motifs is 1. The van der Waals surface area contributed by atoms with Gasteiger partial charge in [-0.05, 0) is 36.8 Å². The number of hydrogen-bond donors (Lipinski definition) is 2. The van der Waals surface area contributed by atoms with Gasteiger partial charge in [-0.3, -0.25) is 4.98 Å². The minimum absolute atomic E-state index is 0.240. The number of anilines is 1. The van der Waals surface area contributed by atoms with Crippen LogP contribution in [0, 0.1) is 0 Å². The summed E-state index contributed by atoms with van der Waals surface area (Å²) < 4.78 is 1.76. The summed E-state index contributed by atoms with van der Waals surface area (Å²) in [6.07, 6.45) is 2.62. The number of hydrogen-bond acceptors (Lipinski definition) is 4. The van der Waals surface area contributed by atoms with Crippen molar-refractivity contribution in [1.29, 1.82) is 0 Å². The van der Waals surface area contributed by atoms with Crippen LogP contribution in [0.1, 0.15) is 15.9 Å². The highest BCUT2D eigenvalue weighted by atomic mass is 16.4. The van der Waals surface area contributed by atoms with Crippen LogP contribution in [-0.4, -0.2) is 32.4 Å². The van der Waals surface area contributed by atoms with Crippen molar-refractivity contribution >= 4 is 11.8 Å². The number of nitrogens with one attached hydrogen (secondary N) is 1. The van der Waals surface area contributed by atoms with E-state index >= 15 is 0 Å². The second-order valence-corrected chi connectivity index (χ2v) is 5.33. The Balaban J connectivity index is 1.88. The van der Waals surface area contributed by atoms with E-state index in [0.29, 0.717) is 0 Å². The van der Waals surface area contributed by atoms with Crippen molar-refractivity contribution in [3.05, 3.63) is 59.8 Å². The number of benzene rings is 1. The van der Waals surface area contributed by atoms with Gasteiger partial charge in [0.2, 0.25) is 0 Å². The molecule has 1 aliphatic heterocycles. The Kier molecular flexibility index (Phi) is 3.08. The third kappa shape index (κ3) is 2.24. The van der Waals surface area contributed by atoms with Crippen LogP contribution in [0.25, 0.3) is 17.1 Å². The monoisotopic (exact) mass is 306 g/mol. The Labute approximate surface area is 132 Å². The summed E-state index contributed by atoms with van der Waals surface area (Å²) >= 11 is 0. The maximum Gasteiger partial charge on any atom is 0.335 e. The number of aromatic carboxylic acids is 1. The van der Waals surface area contributed by atoms with E-state index in [9.17, 15) is 9.90 Å². The summed E-state index contributed by atoms with van der Waals surface area (Å²) in [6.45, 7) is 0.839. The molecule has 1 aromatic carbocycles. The zero-order valence-electron chi connectivity index (χ0n) is 12.2. The molecule has 0 spiro atoms. The summed E-state index contributed by atoms with van der Waals surface area (Å²) in [5.41, 5.74) is 3.73. The third-order valence-corrected chi connectivity index (χ3v) is 3.90. The molecule has 0 unspecified atom stereocenters. The number of pyridine rings is 1. The van der Waals surface area contributed by atoms with Crippen LogP contribution in [0.4, 0.5) is 5.82 Å². The standard InChI is InChI=1S/C17H14N4O2/c22-17(23)11-4-3-5-12(10-11)21-16-13(7-9-19-16)15(20-21)14-6-1-2-8-18-14/h1-6,8,10,19H,7,9H2,(H,22,23). The van der Waals surface area contributed by atoms with Crippen molar-refractivity contribution in [1.82, 2.24) is 14.8 Å². The predicted octanol–water partition coefficient (Wildman–Crippen LogP) is 2.60. The quantitative estimate of drug-likeness (QED) is 0.777. The molecule has 0 atom stereocenters. The number of carboxylic acids is 1. The summed E-state index contributed by atoms with van der Waals surface area (Å²) in [7, 11) is 0. The van der Waals surface area contributed by atoms with Crippen molar-refractivity contribution < 1.29 is 9.90 Å². The summed E-state index contributed by atoms with van der Waals surface area (Å²) in [6, 6.07) is 12.5. The van der Waals surface area contributed by atoms with Crippen LogP contribution in [0.2, 0.25) is 0 Å². The largest absolute Gasteiger partial charge is 0.478 e. The number of carboxylic acid groups (broad SMARTS) is 1. The molecule has 114 valence electrons. The van der Waals surface area contributed by atoms with E-state index in [1.165, 1.54) is 0 Å². The molecule has 6 nitrogen and oxygen atoms in total. The van der Waals surface area contributed by atoms with Crippen LogP contribution < -0.4 is 5.32 Å². The Morgan fingerprint density at radius 2 is 2.13 bits per heavy atom. The summed E-state index contributed by atoms with van der Waals surface area (Å²) in [4.78, 5) is 15.6. The normalized spacial score (nSPS) is 12.7. The van der Waals surface area contributed by atoms with E-state index in [2.05, 4.69) is 15.4 Å². The first kappa shape index (κ1) is 13.5. The molecule has 23 heavy (non-hydrogen) atoms. The highest BCUT2D eigenvalue weighted by Crippen LogP contribution is 2.33. The van der Waals surface area contributed by atoms with Crippen molar-refractivity contribution in [2.75, 3.05) is 11.9 Å². The third-order valence-electron chi connectivity index (χ3n) is 3.90. The van der Waals surface area contributed by atoms with Gasteiger partial charge < -0.3 is 10.4 Å². The van der Waals surface area contributed by atoms with Crippen LogP contribution >= 0.6 is 0 Å². The molecule has 0 bridgehead atoms. The Morgan fingerprint density at radius 1 is 1.22 bits per heavy atom. The van der Waals surface area contributed by atoms with Gasteiger partial charge in [0, 0.05) is 18.3 Å². The zero-order chi connectivity index (χ0) is 15.8. The van der Waals surface area contributed by atoms with Crippen LogP contribution in [0.3, 0.4) is 0 Å². The fraction of sp³-hybridized carbons (Fsp3) is 0.118. The Bertz CT molecular complexity index is 887. The summed E-state index contributed by atoms with van der Waals surface area (Å²) in [5, 5.41) is 17.2. The first-order chi connectivity index (χ1) is 11.2. The van der Waals surface area contributed by atoms with Gasteiger partial charge >= 0.3 is 5.97 Å². The molecule has 0 aliphatic carbocycles. The van der Waals surface area contributed by atoms with Crippen LogP contribution in [0.15, 0.2) is 48.7 Å². The zero-order valence-corrected chi connectivity index (χ0v) is 12.2. The number of carbonyl (C=O) groups is 1. The SMILES string of the molecule is O=C(O)c1cccc(-n2nc(-c3ccccn3)c3c2NCC3)c1. The molecular weight excluding hydrogens is 292 g/mol. The average Bonchev–Trinajstić information content (AvgIpc) is 3.18. The second kappa shape index (κ2) is 5.24. The lowest BCUT2D eigenvalue weighted by Gasteiger charge is -2.07. The van der Waals surface area contributed by atoms with Gasteiger partial charge in [-0.15, -0.1) is 0 Å². The van der Waals surface area contributed by atoms with Crippen molar-refractivity contribution in [2.24, 2.45) is 0 Å². The molecular formula is C17H14N4O2. The molecule has 0 amide bonds. The number of rotatable bonds is 3. The van der Waals surface area contributed by atoms with Gasteiger partial charge in [-0.1, -0.05) is 12.1 Å². The van der Waals surface area contributed by atoms with Crippen LogP contribution in [0.5, 0.6) is 0 Å². The molecule has 2 N–H and O–H groups in total. The first-order valence-corrected chi connectivity index (χ1v) is 7.35. The average molecular weight is 306 g/mol. The van der Waals surface area contributed by atoms with Crippen LogP contribution in [-0.2, 0) is 6.42 Å². The molecule has 2 aromatic heterocycles. The van der Waals surface area contributed by atoms with Gasteiger partial charge in [0.15, 0.2) is 0 Å². The Morgan fingerprint density at radius 3 is 2.91 bits per heavy atom. The first-order valence-electron chi connectivity index (χ1n) is 7.35.